The molecule has 9 heteroatoms. The summed E-state index contributed by atoms with van der Waals surface area (Å²) in [6.45, 7) is 1.68. The predicted octanol–water partition coefficient (Wildman–Crippen LogP) is 0.993. The van der Waals surface area contributed by atoms with Crippen LogP contribution in [0.15, 0.2) is 23.2 Å². The lowest BCUT2D eigenvalue weighted by Gasteiger charge is -2.09. The number of aryl methyl sites for hydroxylation is 1. The average Bonchev–Trinajstić information content (AvgIpc) is 3.08. The smallest absolute Gasteiger partial charge is 0.338 e. The molecule has 0 atom stereocenters. The number of carbonyl (C=O) groups is 4. The summed E-state index contributed by atoms with van der Waals surface area (Å²) in [4.78, 5) is 52.6. The quantitative estimate of drug-likeness (QED) is 0.586. The second kappa shape index (κ2) is 7.20. The SMILES string of the molecule is CCOC(=O)c1ccc2c(c1)sc(=NC(=O)CN1C(=O)CCC1=O)n2C. The van der Waals surface area contributed by atoms with E-state index in [9.17, 15) is 19.2 Å². The van der Waals surface area contributed by atoms with E-state index in [1.807, 2.05) is 0 Å². The van der Waals surface area contributed by atoms with Crippen LogP contribution >= 0.6 is 11.3 Å². The molecule has 0 bridgehead atoms. The molecular weight excluding hydrogens is 358 g/mol. The number of rotatable bonds is 4. The van der Waals surface area contributed by atoms with E-state index < -0.39 is 11.9 Å². The molecule has 26 heavy (non-hydrogen) atoms. The summed E-state index contributed by atoms with van der Waals surface area (Å²) >= 11 is 1.24. The molecule has 0 N–H and O–H groups in total. The van der Waals surface area contributed by atoms with Crippen LogP contribution in [-0.4, -0.2) is 46.3 Å². The van der Waals surface area contributed by atoms with Crippen molar-refractivity contribution in [1.82, 2.24) is 9.47 Å². The molecule has 3 amide bonds. The molecule has 3 rings (SSSR count). The second-order valence-electron chi connectivity index (χ2n) is 5.73. The maximum absolute atomic E-state index is 12.2. The zero-order valence-corrected chi connectivity index (χ0v) is 15.2. The lowest BCUT2D eigenvalue weighted by Crippen LogP contribution is -2.34. The Labute approximate surface area is 152 Å². The molecule has 1 fully saturated rings. The highest BCUT2D eigenvalue weighted by Crippen LogP contribution is 2.19. The number of hydrogen-bond acceptors (Lipinski definition) is 6. The number of nitrogens with zero attached hydrogens (tertiary/aromatic N) is 3. The topological polar surface area (TPSA) is 98.0 Å². The third kappa shape index (κ3) is 3.43. The summed E-state index contributed by atoms with van der Waals surface area (Å²) in [7, 11) is 1.75. The fraction of sp³-hybridized carbons (Fsp3) is 0.353. The van der Waals surface area contributed by atoms with Crippen molar-refractivity contribution in [1.29, 1.82) is 0 Å². The first-order chi connectivity index (χ1) is 12.4. The van der Waals surface area contributed by atoms with E-state index in [1.54, 1.807) is 36.7 Å². The number of likely N-dealkylation sites (tertiary alicyclic amines) is 1. The van der Waals surface area contributed by atoms with E-state index >= 15 is 0 Å². The molecule has 136 valence electrons. The summed E-state index contributed by atoms with van der Waals surface area (Å²) in [5, 5.41) is 0. The second-order valence-corrected chi connectivity index (χ2v) is 6.73. The van der Waals surface area contributed by atoms with Gasteiger partial charge in [-0.3, -0.25) is 19.3 Å². The summed E-state index contributed by atoms with van der Waals surface area (Å²) < 4.78 is 7.48. The molecule has 1 saturated heterocycles. The third-order valence-electron chi connectivity index (χ3n) is 3.99. The minimum atomic E-state index is -0.568. The van der Waals surface area contributed by atoms with Crippen LogP contribution in [0.3, 0.4) is 0 Å². The first-order valence-electron chi connectivity index (χ1n) is 8.08. The first kappa shape index (κ1) is 18.0. The van der Waals surface area contributed by atoms with Crippen LogP contribution in [0.25, 0.3) is 10.2 Å². The Morgan fingerprint density at radius 2 is 1.92 bits per heavy atom. The zero-order chi connectivity index (χ0) is 18.8. The van der Waals surface area contributed by atoms with E-state index in [-0.39, 0.29) is 37.8 Å². The van der Waals surface area contributed by atoms with Gasteiger partial charge in [0, 0.05) is 19.9 Å². The Morgan fingerprint density at radius 1 is 1.23 bits per heavy atom. The molecule has 1 aliphatic heterocycles. The number of ether oxygens (including phenoxy) is 1. The van der Waals surface area contributed by atoms with Gasteiger partial charge in [0.25, 0.3) is 5.91 Å². The van der Waals surface area contributed by atoms with E-state index in [0.29, 0.717) is 10.4 Å². The normalized spacial score (nSPS) is 15.2. The van der Waals surface area contributed by atoms with Crippen molar-refractivity contribution in [2.24, 2.45) is 12.0 Å². The molecule has 0 radical (unpaired) electrons. The van der Waals surface area contributed by atoms with Crippen LogP contribution in [0.5, 0.6) is 0 Å². The molecule has 1 aromatic carbocycles. The summed E-state index contributed by atoms with van der Waals surface area (Å²) in [5.41, 5.74) is 1.23. The fourth-order valence-corrected chi connectivity index (χ4v) is 3.73. The number of amides is 3. The van der Waals surface area contributed by atoms with Gasteiger partial charge in [-0.05, 0) is 25.1 Å². The number of esters is 1. The van der Waals surface area contributed by atoms with Crippen molar-refractivity contribution in [3.63, 3.8) is 0 Å². The molecule has 0 saturated carbocycles. The Bertz CT molecular complexity index is 972. The first-order valence-corrected chi connectivity index (χ1v) is 8.89. The molecular formula is C17H17N3O5S. The molecule has 8 nitrogen and oxygen atoms in total. The van der Waals surface area contributed by atoms with Gasteiger partial charge in [0.1, 0.15) is 6.54 Å². The highest BCUT2D eigenvalue weighted by molar-refractivity contribution is 7.16. The van der Waals surface area contributed by atoms with Gasteiger partial charge in [-0.15, -0.1) is 0 Å². The van der Waals surface area contributed by atoms with E-state index in [2.05, 4.69) is 4.99 Å². The highest BCUT2D eigenvalue weighted by Gasteiger charge is 2.30. The molecule has 0 unspecified atom stereocenters. The molecule has 1 aromatic heterocycles. The van der Waals surface area contributed by atoms with E-state index in [1.165, 1.54) is 11.3 Å². The standard InChI is InChI=1S/C17H17N3O5S/c1-3-25-16(24)10-4-5-11-12(8-10)26-17(19(11)2)18-13(21)9-20-14(22)6-7-15(20)23/h4-5,8H,3,6-7,9H2,1-2H3. The Balaban J connectivity index is 1.89. The maximum atomic E-state index is 12.2. The van der Waals surface area contributed by atoms with Gasteiger partial charge in [-0.2, -0.15) is 4.99 Å². The van der Waals surface area contributed by atoms with Crippen molar-refractivity contribution >= 4 is 45.2 Å². The minimum absolute atomic E-state index is 0.138. The third-order valence-corrected chi connectivity index (χ3v) is 5.08. The zero-order valence-electron chi connectivity index (χ0n) is 14.4. The Hall–Kier alpha value is -2.81. The maximum Gasteiger partial charge on any atom is 0.338 e. The van der Waals surface area contributed by atoms with Crippen molar-refractivity contribution in [2.45, 2.75) is 19.8 Å². The summed E-state index contributed by atoms with van der Waals surface area (Å²) in [6, 6.07) is 5.10. The van der Waals surface area contributed by atoms with Gasteiger partial charge in [0.2, 0.25) is 11.8 Å². The van der Waals surface area contributed by atoms with Crippen molar-refractivity contribution in [2.75, 3.05) is 13.2 Å². The molecule has 2 aromatic rings. The van der Waals surface area contributed by atoms with Crippen LogP contribution in [0.4, 0.5) is 0 Å². The molecule has 1 aliphatic rings. The lowest BCUT2D eigenvalue weighted by molar-refractivity contribution is -0.141. The van der Waals surface area contributed by atoms with Crippen LogP contribution in [0.2, 0.25) is 0 Å². The van der Waals surface area contributed by atoms with E-state index in [0.717, 1.165) is 15.1 Å². The number of thiazole rings is 1. The number of aromatic nitrogens is 1. The van der Waals surface area contributed by atoms with Crippen molar-refractivity contribution in [3.8, 4) is 0 Å². The van der Waals surface area contributed by atoms with Gasteiger partial charge < -0.3 is 9.30 Å². The number of hydrogen-bond donors (Lipinski definition) is 0. The van der Waals surface area contributed by atoms with Crippen LogP contribution in [-0.2, 0) is 26.2 Å². The summed E-state index contributed by atoms with van der Waals surface area (Å²) in [6.07, 6.45) is 0.277. The number of fused-ring (bicyclic) bond motifs is 1. The highest BCUT2D eigenvalue weighted by atomic mass is 32.1. The monoisotopic (exact) mass is 375 g/mol. The van der Waals surface area contributed by atoms with E-state index in [4.69, 9.17) is 4.74 Å². The Morgan fingerprint density at radius 3 is 2.58 bits per heavy atom. The number of imide groups is 1. The fourth-order valence-electron chi connectivity index (χ4n) is 2.66. The van der Waals surface area contributed by atoms with Crippen molar-refractivity contribution < 1.29 is 23.9 Å². The largest absolute Gasteiger partial charge is 0.462 e. The molecule has 0 aliphatic carbocycles. The van der Waals surface area contributed by atoms with Gasteiger partial charge in [-0.1, -0.05) is 11.3 Å². The number of benzene rings is 1. The van der Waals surface area contributed by atoms with Gasteiger partial charge in [-0.25, -0.2) is 4.79 Å². The van der Waals surface area contributed by atoms with Crippen LogP contribution in [0, 0.1) is 0 Å². The predicted molar refractivity (Wildman–Crippen MR) is 93.3 cm³/mol. The average molecular weight is 375 g/mol. The van der Waals surface area contributed by atoms with Gasteiger partial charge in [0.15, 0.2) is 4.80 Å². The lowest BCUT2D eigenvalue weighted by atomic mass is 10.2. The number of carbonyl (C=O) groups excluding carboxylic acids is 4. The Kier molecular flexibility index (Phi) is 4.99. The van der Waals surface area contributed by atoms with Crippen molar-refractivity contribution in [3.05, 3.63) is 28.6 Å². The van der Waals surface area contributed by atoms with Crippen LogP contribution < -0.4 is 4.80 Å². The van der Waals surface area contributed by atoms with Gasteiger partial charge >= 0.3 is 5.97 Å². The van der Waals surface area contributed by atoms with Crippen LogP contribution in [0.1, 0.15) is 30.1 Å². The summed E-state index contributed by atoms with van der Waals surface area (Å²) in [5.74, 6) is -1.68. The van der Waals surface area contributed by atoms with Gasteiger partial charge in [0.05, 0.1) is 22.4 Å². The molecule has 2 heterocycles. The molecule has 0 spiro atoms. The minimum Gasteiger partial charge on any atom is -0.462 e.